The molecule has 1 N–H and O–H groups in total. The average molecular weight is 292 g/mol. The summed E-state index contributed by atoms with van der Waals surface area (Å²) in [6.45, 7) is 4.50. The van der Waals surface area contributed by atoms with Gasteiger partial charge in [0.1, 0.15) is 0 Å². The summed E-state index contributed by atoms with van der Waals surface area (Å²) in [5.74, 6) is 1.45. The molecule has 5 heteroatoms. The van der Waals surface area contributed by atoms with Gasteiger partial charge in [0.2, 0.25) is 5.91 Å². The summed E-state index contributed by atoms with van der Waals surface area (Å²) in [7, 11) is 3.21. The number of hydrogen-bond acceptors (Lipinski definition) is 4. The molecule has 1 aliphatic rings. The zero-order valence-electron chi connectivity index (χ0n) is 13.0. The molecule has 1 atom stereocenters. The largest absolute Gasteiger partial charge is 0.493 e. The summed E-state index contributed by atoms with van der Waals surface area (Å²) < 4.78 is 10.5. The summed E-state index contributed by atoms with van der Waals surface area (Å²) in [6, 6.07) is 5.61. The topological polar surface area (TPSA) is 50.8 Å². The fourth-order valence-corrected chi connectivity index (χ4v) is 2.62. The van der Waals surface area contributed by atoms with Crippen molar-refractivity contribution in [2.45, 2.75) is 32.4 Å². The van der Waals surface area contributed by atoms with Gasteiger partial charge in [-0.2, -0.15) is 0 Å². The van der Waals surface area contributed by atoms with E-state index < -0.39 is 0 Å². The number of carbonyl (C=O) groups is 1. The monoisotopic (exact) mass is 292 g/mol. The second kappa shape index (κ2) is 7.31. The van der Waals surface area contributed by atoms with E-state index in [0.717, 1.165) is 18.7 Å². The van der Waals surface area contributed by atoms with Crippen LogP contribution in [0.3, 0.4) is 0 Å². The molecule has 0 bridgehead atoms. The van der Waals surface area contributed by atoms with Crippen molar-refractivity contribution in [3.05, 3.63) is 23.8 Å². The van der Waals surface area contributed by atoms with Crippen LogP contribution in [0.1, 0.15) is 25.3 Å². The average Bonchev–Trinajstić information content (AvgIpc) is 3.05. The van der Waals surface area contributed by atoms with Crippen LogP contribution in [0.5, 0.6) is 11.5 Å². The Morgan fingerprint density at radius 3 is 2.52 bits per heavy atom. The number of carbonyl (C=O) groups excluding carboxylic acids is 1. The van der Waals surface area contributed by atoms with Crippen molar-refractivity contribution in [1.82, 2.24) is 10.2 Å². The molecule has 2 rings (SSSR count). The highest BCUT2D eigenvalue weighted by molar-refractivity contribution is 5.81. The highest BCUT2D eigenvalue weighted by atomic mass is 16.5. The predicted octanol–water partition coefficient (Wildman–Crippen LogP) is 1.80. The Bertz CT molecular complexity index is 484. The van der Waals surface area contributed by atoms with Crippen molar-refractivity contribution in [3.63, 3.8) is 0 Å². The lowest BCUT2D eigenvalue weighted by atomic mass is 10.2. The van der Waals surface area contributed by atoms with Crippen molar-refractivity contribution in [2.75, 3.05) is 27.3 Å². The number of amides is 1. The maximum Gasteiger partial charge on any atom is 0.237 e. The van der Waals surface area contributed by atoms with Gasteiger partial charge in [0.15, 0.2) is 11.5 Å². The summed E-state index contributed by atoms with van der Waals surface area (Å²) in [5.41, 5.74) is 0.995. The van der Waals surface area contributed by atoms with Crippen LogP contribution in [0, 0.1) is 0 Å². The molecule has 1 fully saturated rings. The van der Waals surface area contributed by atoms with Crippen molar-refractivity contribution < 1.29 is 14.3 Å². The first-order valence-electron chi connectivity index (χ1n) is 7.38. The molecule has 1 aromatic carbocycles. The number of ether oxygens (including phenoxy) is 2. The molecule has 0 radical (unpaired) electrons. The van der Waals surface area contributed by atoms with Crippen LogP contribution in [0.4, 0.5) is 0 Å². The van der Waals surface area contributed by atoms with Crippen molar-refractivity contribution in [1.29, 1.82) is 0 Å². The van der Waals surface area contributed by atoms with Crippen LogP contribution in [0.2, 0.25) is 0 Å². The molecule has 0 aliphatic carbocycles. The fraction of sp³-hybridized carbons (Fsp3) is 0.562. The van der Waals surface area contributed by atoms with E-state index in [2.05, 4.69) is 10.2 Å². The van der Waals surface area contributed by atoms with Gasteiger partial charge in [-0.05, 0) is 50.6 Å². The van der Waals surface area contributed by atoms with Crippen LogP contribution >= 0.6 is 0 Å². The highest BCUT2D eigenvalue weighted by Gasteiger charge is 2.23. The number of benzene rings is 1. The minimum Gasteiger partial charge on any atom is -0.493 e. The van der Waals surface area contributed by atoms with Gasteiger partial charge in [-0.15, -0.1) is 0 Å². The second-order valence-corrected chi connectivity index (χ2v) is 5.33. The quantitative estimate of drug-likeness (QED) is 0.869. The van der Waals surface area contributed by atoms with Gasteiger partial charge >= 0.3 is 0 Å². The maximum atomic E-state index is 12.2. The smallest absolute Gasteiger partial charge is 0.237 e. The van der Waals surface area contributed by atoms with E-state index in [1.54, 1.807) is 14.2 Å². The molecule has 1 amide bonds. The van der Waals surface area contributed by atoms with Gasteiger partial charge in [-0.1, -0.05) is 6.07 Å². The molecular formula is C16H24N2O3. The Kier molecular flexibility index (Phi) is 5.44. The molecule has 1 aliphatic heterocycles. The minimum atomic E-state index is -0.0624. The zero-order chi connectivity index (χ0) is 15.2. The third-order valence-electron chi connectivity index (χ3n) is 3.98. The first-order chi connectivity index (χ1) is 10.2. The Balaban J connectivity index is 1.91. The molecule has 0 aromatic heterocycles. The zero-order valence-corrected chi connectivity index (χ0v) is 13.0. The molecule has 1 saturated heterocycles. The van der Waals surface area contributed by atoms with Crippen LogP contribution in [0.15, 0.2) is 18.2 Å². The second-order valence-electron chi connectivity index (χ2n) is 5.33. The standard InChI is InChI=1S/C16H24N2O3/c1-12(18-8-4-5-9-18)16(19)17-11-13-6-7-14(20-2)15(10-13)21-3/h6-7,10,12H,4-5,8-9,11H2,1-3H3,(H,17,19)/t12-/m0/s1. The van der Waals surface area contributed by atoms with Gasteiger partial charge in [-0.25, -0.2) is 0 Å². The van der Waals surface area contributed by atoms with E-state index >= 15 is 0 Å². The molecule has 0 saturated carbocycles. The Morgan fingerprint density at radius 2 is 1.90 bits per heavy atom. The third-order valence-corrected chi connectivity index (χ3v) is 3.98. The lowest BCUT2D eigenvalue weighted by Gasteiger charge is -2.22. The molecule has 0 spiro atoms. The van der Waals surface area contributed by atoms with Crippen LogP contribution in [-0.2, 0) is 11.3 Å². The Hall–Kier alpha value is -1.75. The van der Waals surface area contributed by atoms with Gasteiger partial charge in [0.05, 0.1) is 20.3 Å². The number of rotatable bonds is 6. The van der Waals surface area contributed by atoms with Crippen LogP contribution < -0.4 is 14.8 Å². The molecular weight excluding hydrogens is 268 g/mol. The summed E-state index contributed by atoms with van der Waals surface area (Å²) >= 11 is 0. The van der Waals surface area contributed by atoms with E-state index in [-0.39, 0.29) is 11.9 Å². The highest BCUT2D eigenvalue weighted by Crippen LogP contribution is 2.27. The minimum absolute atomic E-state index is 0.0624. The molecule has 1 heterocycles. The number of likely N-dealkylation sites (tertiary alicyclic amines) is 1. The lowest BCUT2D eigenvalue weighted by molar-refractivity contribution is -0.125. The number of nitrogens with zero attached hydrogens (tertiary/aromatic N) is 1. The van der Waals surface area contributed by atoms with Crippen LogP contribution in [-0.4, -0.2) is 44.2 Å². The van der Waals surface area contributed by atoms with Crippen molar-refractivity contribution in [2.24, 2.45) is 0 Å². The third kappa shape index (κ3) is 3.88. The molecule has 5 nitrogen and oxygen atoms in total. The Labute approximate surface area is 126 Å². The number of nitrogens with one attached hydrogen (secondary N) is 1. The molecule has 116 valence electrons. The molecule has 1 aromatic rings. The Morgan fingerprint density at radius 1 is 1.24 bits per heavy atom. The van der Waals surface area contributed by atoms with Gasteiger partial charge < -0.3 is 14.8 Å². The van der Waals surface area contributed by atoms with Gasteiger partial charge in [-0.3, -0.25) is 9.69 Å². The lowest BCUT2D eigenvalue weighted by Crippen LogP contribution is -2.43. The van der Waals surface area contributed by atoms with E-state index in [0.29, 0.717) is 18.0 Å². The summed E-state index contributed by atoms with van der Waals surface area (Å²) in [6.07, 6.45) is 2.38. The first-order valence-corrected chi connectivity index (χ1v) is 7.38. The molecule has 21 heavy (non-hydrogen) atoms. The van der Waals surface area contributed by atoms with Crippen LogP contribution in [0.25, 0.3) is 0 Å². The fourth-order valence-electron chi connectivity index (χ4n) is 2.62. The van der Waals surface area contributed by atoms with Crippen molar-refractivity contribution >= 4 is 5.91 Å². The van der Waals surface area contributed by atoms with Gasteiger partial charge in [0.25, 0.3) is 0 Å². The number of methoxy groups -OCH3 is 2. The van der Waals surface area contributed by atoms with Crippen molar-refractivity contribution in [3.8, 4) is 11.5 Å². The van der Waals surface area contributed by atoms with E-state index in [1.807, 2.05) is 25.1 Å². The normalized spacial score (nSPS) is 16.5. The van der Waals surface area contributed by atoms with E-state index in [1.165, 1.54) is 12.8 Å². The maximum absolute atomic E-state index is 12.2. The number of hydrogen-bond donors (Lipinski definition) is 1. The summed E-state index contributed by atoms with van der Waals surface area (Å²) in [4.78, 5) is 14.4. The first kappa shape index (κ1) is 15.6. The van der Waals surface area contributed by atoms with E-state index in [9.17, 15) is 4.79 Å². The predicted molar refractivity (Wildman–Crippen MR) is 81.7 cm³/mol. The molecule has 0 unspecified atom stereocenters. The summed E-state index contributed by atoms with van der Waals surface area (Å²) in [5, 5.41) is 2.99. The SMILES string of the molecule is COc1ccc(CNC(=O)[C@H](C)N2CCCC2)cc1OC. The van der Waals surface area contributed by atoms with Gasteiger partial charge in [0, 0.05) is 6.54 Å². The van der Waals surface area contributed by atoms with E-state index in [4.69, 9.17) is 9.47 Å².